The zero-order chi connectivity index (χ0) is 6.69. The molecule has 1 aromatic heterocycles. The van der Waals surface area contributed by atoms with E-state index < -0.39 is 6.03 Å². The van der Waals surface area contributed by atoms with Crippen molar-refractivity contribution in [2.75, 3.05) is 0 Å². The number of rotatable bonds is 0. The van der Waals surface area contributed by atoms with Gasteiger partial charge in [0.05, 0.1) is 12.4 Å². The third-order valence-electron chi connectivity index (χ3n) is 0.970. The van der Waals surface area contributed by atoms with Crippen LogP contribution in [0.4, 0.5) is 4.79 Å². The van der Waals surface area contributed by atoms with Crippen LogP contribution in [-0.4, -0.2) is 29.9 Å². The van der Waals surface area contributed by atoms with Gasteiger partial charge in [-0.2, -0.15) is 9.36 Å². The molecule has 46 valence electrons. The molecule has 0 unspecified atom stereocenters. The number of primary amides is 1. The SMILES string of the molecule is NC(=O)[n+]1ccccc1.[Sn+4]. The second-order valence-electron chi connectivity index (χ2n) is 1.62. The summed E-state index contributed by atoms with van der Waals surface area (Å²) in [6, 6.07) is 4.84. The number of nitrogens with zero attached hydrogens (tertiary/aromatic N) is 1. The van der Waals surface area contributed by atoms with E-state index in [2.05, 4.69) is 0 Å². The molecule has 0 aliphatic heterocycles. The van der Waals surface area contributed by atoms with Crippen molar-refractivity contribution in [1.29, 1.82) is 0 Å². The molecule has 3 nitrogen and oxygen atoms in total. The molecule has 10 heavy (non-hydrogen) atoms. The van der Waals surface area contributed by atoms with E-state index in [1.54, 1.807) is 24.5 Å². The van der Waals surface area contributed by atoms with Crippen LogP contribution in [0.25, 0.3) is 0 Å². The molecule has 0 saturated heterocycles. The van der Waals surface area contributed by atoms with Crippen molar-refractivity contribution >= 4 is 29.9 Å². The van der Waals surface area contributed by atoms with Crippen molar-refractivity contribution in [3.8, 4) is 0 Å². The number of aromatic nitrogens is 1. The fraction of sp³-hybridized carbons (Fsp3) is 0. The second kappa shape index (κ2) is 4.27. The van der Waals surface area contributed by atoms with E-state index >= 15 is 0 Å². The first-order valence-electron chi connectivity index (χ1n) is 2.57. The first kappa shape index (κ1) is 9.42. The van der Waals surface area contributed by atoms with Crippen molar-refractivity contribution in [1.82, 2.24) is 0 Å². The molecule has 0 spiro atoms. The number of carbonyl (C=O) groups excluding carboxylic acids is 1. The number of nitrogens with two attached hydrogens (primary N) is 1. The molecule has 4 heteroatoms. The van der Waals surface area contributed by atoms with Crippen molar-refractivity contribution in [2.45, 2.75) is 0 Å². The largest absolute Gasteiger partial charge is 4.00 e. The van der Waals surface area contributed by atoms with Gasteiger partial charge < -0.3 is 0 Å². The fourth-order valence-electron chi connectivity index (χ4n) is 0.546. The van der Waals surface area contributed by atoms with Gasteiger partial charge in [-0.15, -0.1) is 0 Å². The number of amides is 1. The van der Waals surface area contributed by atoms with Crippen LogP contribution < -0.4 is 10.3 Å². The Kier molecular flexibility index (Phi) is 4.02. The molecular weight excluding hydrogens is 235 g/mol. The zero-order valence-corrected chi connectivity index (χ0v) is 8.17. The Morgan fingerprint density at radius 3 is 2.00 bits per heavy atom. The minimum absolute atomic E-state index is 0. The molecular formula is C6H7N2OSn+5. The Morgan fingerprint density at radius 2 is 1.70 bits per heavy atom. The average Bonchev–Trinajstić information content (AvgIpc) is 1.90. The summed E-state index contributed by atoms with van der Waals surface area (Å²) in [5.41, 5.74) is 4.94. The molecule has 0 fully saturated rings. The van der Waals surface area contributed by atoms with Crippen LogP contribution in [-0.2, 0) is 0 Å². The summed E-state index contributed by atoms with van der Waals surface area (Å²) < 4.78 is 1.31. The molecule has 1 aromatic rings. The van der Waals surface area contributed by atoms with E-state index in [9.17, 15) is 4.79 Å². The van der Waals surface area contributed by atoms with Crippen molar-refractivity contribution < 1.29 is 9.36 Å². The topological polar surface area (TPSA) is 47.0 Å². The van der Waals surface area contributed by atoms with Crippen LogP contribution in [0.2, 0.25) is 0 Å². The Hall–Kier alpha value is -0.581. The van der Waals surface area contributed by atoms with Gasteiger partial charge in [0.2, 0.25) is 0 Å². The van der Waals surface area contributed by atoms with Crippen LogP contribution in [0.1, 0.15) is 0 Å². The summed E-state index contributed by atoms with van der Waals surface area (Å²) in [4.78, 5) is 10.4. The van der Waals surface area contributed by atoms with Gasteiger partial charge >= 0.3 is 29.9 Å². The molecule has 0 aliphatic rings. The second-order valence-corrected chi connectivity index (χ2v) is 1.62. The molecule has 1 heterocycles. The number of hydrogen-bond donors (Lipinski definition) is 1. The summed E-state index contributed by atoms with van der Waals surface area (Å²) in [5.74, 6) is 0. The van der Waals surface area contributed by atoms with Gasteiger partial charge in [-0.25, -0.2) is 0 Å². The molecule has 0 bridgehead atoms. The number of carbonyl (C=O) groups is 1. The van der Waals surface area contributed by atoms with Crippen LogP contribution in [0.15, 0.2) is 30.6 Å². The standard InChI is InChI=1S/C6H6N2O.Sn/c7-6(9)8-4-2-1-3-5-8;/h1-5H,(H-,7,9);/q;+4/p+1. The predicted octanol–water partition coefficient (Wildman–Crippen LogP) is -0.480. The maximum absolute atomic E-state index is 10.4. The summed E-state index contributed by atoms with van der Waals surface area (Å²) in [6.45, 7) is 0. The first-order chi connectivity index (χ1) is 4.30. The average molecular weight is 242 g/mol. The Labute approximate surface area is 75.8 Å². The van der Waals surface area contributed by atoms with E-state index in [0.717, 1.165) is 0 Å². The molecule has 1 amide bonds. The fourth-order valence-corrected chi connectivity index (χ4v) is 0.546. The van der Waals surface area contributed by atoms with Crippen LogP contribution >= 0.6 is 0 Å². The zero-order valence-electron chi connectivity index (χ0n) is 5.32. The molecule has 0 atom stereocenters. The van der Waals surface area contributed by atoms with Gasteiger partial charge in [0, 0.05) is 0 Å². The molecule has 0 aromatic carbocycles. The summed E-state index contributed by atoms with van der Waals surface area (Å²) in [5, 5.41) is 0. The van der Waals surface area contributed by atoms with Gasteiger partial charge in [0.25, 0.3) is 0 Å². The van der Waals surface area contributed by atoms with Crippen molar-refractivity contribution in [3.63, 3.8) is 0 Å². The minimum Gasteiger partial charge on any atom is -0.250 e. The van der Waals surface area contributed by atoms with E-state index in [1.165, 1.54) is 4.57 Å². The molecule has 0 radical (unpaired) electrons. The normalized spacial score (nSPS) is 8.00. The Bertz CT molecular complexity index is 212. The van der Waals surface area contributed by atoms with Crippen LogP contribution in [0.5, 0.6) is 0 Å². The molecule has 1 rings (SSSR count). The smallest absolute Gasteiger partial charge is 0.250 e. The summed E-state index contributed by atoms with van der Waals surface area (Å²) >= 11 is 0. The van der Waals surface area contributed by atoms with Crippen molar-refractivity contribution in [2.24, 2.45) is 5.73 Å². The van der Waals surface area contributed by atoms with E-state index in [0.29, 0.717) is 0 Å². The van der Waals surface area contributed by atoms with Gasteiger partial charge in [0.15, 0.2) is 0 Å². The van der Waals surface area contributed by atoms with E-state index in [1.807, 2.05) is 6.07 Å². The van der Waals surface area contributed by atoms with E-state index in [4.69, 9.17) is 5.73 Å². The molecule has 2 N–H and O–H groups in total. The third kappa shape index (κ3) is 2.34. The van der Waals surface area contributed by atoms with Gasteiger partial charge in [-0.3, -0.25) is 5.73 Å². The number of hydrogen-bond acceptors (Lipinski definition) is 1. The summed E-state index contributed by atoms with van der Waals surface area (Å²) in [7, 11) is 0. The van der Waals surface area contributed by atoms with Gasteiger partial charge in [0.1, 0.15) is 0 Å². The van der Waals surface area contributed by atoms with E-state index in [-0.39, 0.29) is 23.9 Å². The first-order valence-corrected chi connectivity index (χ1v) is 2.57. The quantitative estimate of drug-likeness (QED) is 0.484. The summed E-state index contributed by atoms with van der Waals surface area (Å²) in [6.07, 6.45) is 3.20. The van der Waals surface area contributed by atoms with Gasteiger partial charge in [-0.1, -0.05) is 6.07 Å². The third-order valence-corrected chi connectivity index (χ3v) is 0.970. The van der Waals surface area contributed by atoms with Crippen LogP contribution in [0, 0.1) is 0 Å². The minimum atomic E-state index is -0.462. The van der Waals surface area contributed by atoms with Crippen molar-refractivity contribution in [3.05, 3.63) is 30.6 Å². The van der Waals surface area contributed by atoms with Gasteiger partial charge in [-0.05, 0) is 12.1 Å². The maximum Gasteiger partial charge on any atom is 4.00 e. The van der Waals surface area contributed by atoms with Crippen LogP contribution in [0.3, 0.4) is 0 Å². The predicted molar refractivity (Wildman–Crippen MR) is 37.4 cm³/mol. The monoisotopic (exact) mass is 243 g/mol. The molecule has 0 aliphatic carbocycles. The maximum atomic E-state index is 10.4. The number of pyridine rings is 1. The Balaban J connectivity index is 0.000000810. The molecule has 0 saturated carbocycles. The Morgan fingerprint density at radius 1 is 1.20 bits per heavy atom.